The van der Waals surface area contributed by atoms with E-state index in [9.17, 15) is 9.59 Å². The third kappa shape index (κ3) is 6.97. The Hall–Kier alpha value is -2.53. The van der Waals surface area contributed by atoms with E-state index in [4.69, 9.17) is 16.3 Å². The van der Waals surface area contributed by atoms with E-state index in [1.807, 2.05) is 75.2 Å². The van der Waals surface area contributed by atoms with Gasteiger partial charge in [-0.15, -0.1) is 0 Å². The fraction of sp³-hybridized carbons (Fsp3) is 0.481. The van der Waals surface area contributed by atoms with Crippen LogP contribution in [-0.2, 0) is 16.1 Å². The minimum atomic E-state index is -0.464. The Morgan fingerprint density at radius 3 is 2.39 bits per heavy atom. The zero-order chi connectivity index (χ0) is 24.1. The van der Waals surface area contributed by atoms with Crippen LogP contribution < -0.4 is 4.74 Å². The fourth-order valence-electron chi connectivity index (χ4n) is 4.34. The van der Waals surface area contributed by atoms with Gasteiger partial charge in [0.15, 0.2) is 0 Å². The molecule has 2 aromatic carbocycles. The highest BCUT2D eigenvalue weighted by Gasteiger charge is 2.42. The summed E-state index contributed by atoms with van der Waals surface area (Å²) in [6.45, 7) is 7.97. The molecule has 0 spiro atoms. The van der Waals surface area contributed by atoms with Crippen molar-refractivity contribution in [2.45, 2.75) is 46.6 Å². The van der Waals surface area contributed by atoms with Gasteiger partial charge in [0.25, 0.3) is 0 Å². The second kappa shape index (κ2) is 10.6. The Morgan fingerprint density at radius 1 is 1.09 bits per heavy atom. The third-order valence-corrected chi connectivity index (χ3v) is 6.42. The molecule has 0 N–H and O–H groups in total. The van der Waals surface area contributed by atoms with Crippen LogP contribution in [0.2, 0.25) is 5.02 Å². The number of piperidine rings is 1. The minimum Gasteiger partial charge on any atom is -0.493 e. The number of carbonyl (C=O) groups is 2. The van der Waals surface area contributed by atoms with Gasteiger partial charge in [-0.25, -0.2) is 0 Å². The molecule has 2 amide bonds. The fourth-order valence-corrected chi connectivity index (χ4v) is 4.46. The maximum atomic E-state index is 13.3. The van der Waals surface area contributed by atoms with Gasteiger partial charge in [-0.2, -0.15) is 0 Å². The predicted molar refractivity (Wildman–Crippen MR) is 132 cm³/mol. The van der Waals surface area contributed by atoms with Gasteiger partial charge >= 0.3 is 0 Å². The smallest absolute Gasteiger partial charge is 0.227 e. The zero-order valence-corrected chi connectivity index (χ0v) is 20.9. The predicted octanol–water partition coefficient (Wildman–Crippen LogP) is 5.42. The first-order valence-corrected chi connectivity index (χ1v) is 11.9. The second-order valence-corrected chi connectivity index (χ2v) is 10.7. The molecule has 1 aliphatic heterocycles. The van der Waals surface area contributed by atoms with Crippen molar-refractivity contribution in [3.63, 3.8) is 0 Å². The van der Waals surface area contributed by atoms with Crippen molar-refractivity contribution in [1.29, 1.82) is 0 Å². The molecular weight excluding hydrogens is 436 g/mol. The van der Waals surface area contributed by atoms with Crippen LogP contribution in [0.25, 0.3) is 0 Å². The van der Waals surface area contributed by atoms with Crippen LogP contribution in [0.4, 0.5) is 0 Å². The minimum absolute atomic E-state index is 0.0589. The molecule has 0 bridgehead atoms. The van der Waals surface area contributed by atoms with Crippen molar-refractivity contribution in [1.82, 2.24) is 9.80 Å². The van der Waals surface area contributed by atoms with Gasteiger partial charge in [0.05, 0.1) is 6.61 Å². The van der Waals surface area contributed by atoms with Gasteiger partial charge in [0.2, 0.25) is 11.8 Å². The van der Waals surface area contributed by atoms with Gasteiger partial charge in [0, 0.05) is 49.0 Å². The second-order valence-electron chi connectivity index (χ2n) is 10.2. The molecular formula is C27H35ClN2O3. The van der Waals surface area contributed by atoms with Crippen molar-refractivity contribution < 1.29 is 14.3 Å². The lowest BCUT2D eigenvalue weighted by atomic mass is 9.76. The van der Waals surface area contributed by atoms with Gasteiger partial charge in [-0.1, -0.05) is 62.7 Å². The zero-order valence-electron chi connectivity index (χ0n) is 20.1. The van der Waals surface area contributed by atoms with Crippen molar-refractivity contribution in [2.24, 2.45) is 10.8 Å². The van der Waals surface area contributed by atoms with E-state index in [-0.39, 0.29) is 11.8 Å². The summed E-state index contributed by atoms with van der Waals surface area (Å²) in [4.78, 5) is 30.0. The van der Waals surface area contributed by atoms with E-state index in [1.54, 1.807) is 17.0 Å². The number of likely N-dealkylation sites (tertiary alicyclic amines) is 1. The van der Waals surface area contributed by atoms with E-state index >= 15 is 0 Å². The van der Waals surface area contributed by atoms with Crippen LogP contribution in [-0.4, -0.2) is 48.4 Å². The lowest BCUT2D eigenvalue weighted by Crippen LogP contribution is -2.53. The lowest BCUT2D eigenvalue weighted by Gasteiger charge is -2.44. The first-order valence-electron chi connectivity index (χ1n) is 11.5. The van der Waals surface area contributed by atoms with Crippen LogP contribution in [0.15, 0.2) is 54.6 Å². The number of halogens is 1. The number of nitrogens with zero attached hydrogens (tertiary/aromatic N) is 2. The van der Waals surface area contributed by atoms with Gasteiger partial charge in [0.1, 0.15) is 5.75 Å². The molecule has 1 saturated heterocycles. The summed E-state index contributed by atoms with van der Waals surface area (Å²) >= 11 is 6.00. The Morgan fingerprint density at radius 2 is 1.76 bits per heavy atom. The molecule has 1 atom stereocenters. The molecule has 6 heteroatoms. The SMILES string of the molecule is CN(Cc1ccccc1)C(=O)CC1(COc2ccc(Cl)cc2)CCCN(C(=O)C(C)(C)C)C1. The summed E-state index contributed by atoms with van der Waals surface area (Å²) in [5.41, 5.74) is 0.183. The molecule has 5 nitrogen and oxygen atoms in total. The average molecular weight is 471 g/mol. The normalized spacial score (nSPS) is 18.6. The summed E-state index contributed by atoms with van der Waals surface area (Å²) in [5.74, 6) is 0.884. The monoisotopic (exact) mass is 470 g/mol. The van der Waals surface area contributed by atoms with Crippen LogP contribution >= 0.6 is 11.6 Å². The summed E-state index contributed by atoms with van der Waals surface area (Å²) < 4.78 is 6.15. The molecule has 0 radical (unpaired) electrons. The third-order valence-electron chi connectivity index (χ3n) is 6.16. The number of carbonyl (C=O) groups excluding carboxylic acids is 2. The summed E-state index contributed by atoms with van der Waals surface area (Å²) in [7, 11) is 1.84. The summed E-state index contributed by atoms with van der Waals surface area (Å²) in [5, 5.41) is 0.648. The van der Waals surface area contributed by atoms with Crippen LogP contribution in [0.3, 0.4) is 0 Å². The molecule has 0 aromatic heterocycles. The maximum absolute atomic E-state index is 13.3. The molecule has 0 aliphatic carbocycles. The van der Waals surface area contributed by atoms with Crippen molar-refractivity contribution >= 4 is 23.4 Å². The quantitative estimate of drug-likeness (QED) is 0.542. The highest BCUT2D eigenvalue weighted by Crippen LogP contribution is 2.37. The van der Waals surface area contributed by atoms with E-state index < -0.39 is 10.8 Å². The first kappa shape index (κ1) is 25.1. The highest BCUT2D eigenvalue weighted by atomic mass is 35.5. The summed E-state index contributed by atoms with van der Waals surface area (Å²) in [6.07, 6.45) is 2.01. The van der Waals surface area contributed by atoms with E-state index in [0.717, 1.165) is 18.4 Å². The molecule has 178 valence electrons. The van der Waals surface area contributed by atoms with Crippen molar-refractivity contribution in [3.8, 4) is 5.75 Å². The summed E-state index contributed by atoms with van der Waals surface area (Å²) in [6, 6.07) is 17.2. The number of rotatable bonds is 7. The topological polar surface area (TPSA) is 49.9 Å². The average Bonchev–Trinajstić information content (AvgIpc) is 2.78. The van der Waals surface area contributed by atoms with Crippen molar-refractivity contribution in [3.05, 3.63) is 65.2 Å². The molecule has 33 heavy (non-hydrogen) atoms. The van der Waals surface area contributed by atoms with Crippen LogP contribution in [0.1, 0.15) is 45.6 Å². The van der Waals surface area contributed by atoms with Crippen LogP contribution in [0.5, 0.6) is 5.75 Å². The highest BCUT2D eigenvalue weighted by molar-refractivity contribution is 6.30. The molecule has 2 aromatic rings. The molecule has 0 saturated carbocycles. The van der Waals surface area contributed by atoms with Gasteiger partial charge < -0.3 is 14.5 Å². The Bertz CT molecular complexity index is 940. The number of ether oxygens (including phenoxy) is 1. The largest absolute Gasteiger partial charge is 0.493 e. The lowest BCUT2D eigenvalue weighted by molar-refractivity contribution is -0.146. The van der Waals surface area contributed by atoms with E-state index in [0.29, 0.717) is 43.4 Å². The molecule has 1 aliphatic rings. The number of hydrogen-bond acceptors (Lipinski definition) is 3. The molecule has 1 fully saturated rings. The number of hydrogen-bond donors (Lipinski definition) is 0. The number of amides is 2. The molecule has 1 heterocycles. The van der Waals surface area contributed by atoms with Crippen LogP contribution in [0, 0.1) is 10.8 Å². The van der Waals surface area contributed by atoms with E-state index in [1.165, 1.54) is 0 Å². The first-order chi connectivity index (χ1) is 15.6. The molecule has 1 unspecified atom stereocenters. The van der Waals surface area contributed by atoms with E-state index in [2.05, 4.69) is 0 Å². The Kier molecular flexibility index (Phi) is 8.06. The van der Waals surface area contributed by atoms with Gasteiger partial charge in [-0.3, -0.25) is 9.59 Å². The van der Waals surface area contributed by atoms with Gasteiger partial charge in [-0.05, 0) is 42.7 Å². The molecule has 3 rings (SSSR count). The maximum Gasteiger partial charge on any atom is 0.227 e. The Balaban J connectivity index is 1.77. The number of benzene rings is 2. The standard InChI is InChI=1S/C27H35ClN2O3/c1-26(2,3)25(32)30-16-8-15-27(19-30,20-33-23-13-11-22(28)12-14-23)17-24(31)29(4)18-21-9-6-5-7-10-21/h5-7,9-14H,8,15-20H2,1-4H3. The van der Waals surface area contributed by atoms with Crippen molar-refractivity contribution in [2.75, 3.05) is 26.7 Å². The Labute approximate surface area is 202 Å².